The quantitative estimate of drug-likeness (QED) is 0.500. The maximum atomic E-state index is 12.3. The molecule has 3 aromatic rings. The highest BCUT2D eigenvalue weighted by molar-refractivity contribution is 8.18. The third-order valence-corrected chi connectivity index (χ3v) is 6.18. The molecular formula is C23H20N2O2S2. The third kappa shape index (κ3) is 5.02. The van der Waals surface area contributed by atoms with Crippen LogP contribution >= 0.6 is 23.5 Å². The van der Waals surface area contributed by atoms with Gasteiger partial charge in [0.15, 0.2) is 10.3 Å². The molecule has 4 rings (SSSR count). The summed E-state index contributed by atoms with van der Waals surface area (Å²) < 4.78 is 5.86. The Morgan fingerprint density at radius 2 is 1.83 bits per heavy atom. The predicted octanol–water partition coefficient (Wildman–Crippen LogP) is 6.19. The van der Waals surface area contributed by atoms with E-state index in [4.69, 9.17) is 4.42 Å². The van der Waals surface area contributed by atoms with E-state index in [9.17, 15) is 4.79 Å². The van der Waals surface area contributed by atoms with Crippen molar-refractivity contribution in [3.63, 3.8) is 0 Å². The molecule has 1 aromatic heterocycles. The minimum absolute atomic E-state index is 0.164. The van der Waals surface area contributed by atoms with Crippen molar-refractivity contribution in [3.05, 3.63) is 82.5 Å². The van der Waals surface area contributed by atoms with Crippen molar-refractivity contribution in [2.75, 3.05) is 0 Å². The number of aryl methyl sites for hydroxylation is 2. The van der Waals surface area contributed by atoms with Gasteiger partial charge < -0.3 is 9.73 Å². The average molecular weight is 421 g/mol. The van der Waals surface area contributed by atoms with Gasteiger partial charge in [0, 0.05) is 11.0 Å². The number of hydrogen-bond donors (Lipinski definition) is 1. The van der Waals surface area contributed by atoms with Crippen molar-refractivity contribution in [1.29, 1.82) is 0 Å². The number of carbonyl (C=O) groups excluding carboxylic acids is 1. The summed E-state index contributed by atoms with van der Waals surface area (Å²) in [5.41, 5.74) is 3.30. The van der Waals surface area contributed by atoms with Gasteiger partial charge in [-0.1, -0.05) is 48.5 Å². The van der Waals surface area contributed by atoms with E-state index in [1.54, 1.807) is 17.8 Å². The summed E-state index contributed by atoms with van der Waals surface area (Å²) >= 11 is 2.87. The zero-order valence-corrected chi connectivity index (χ0v) is 17.8. The molecule has 1 aliphatic rings. The lowest BCUT2D eigenvalue weighted by molar-refractivity contribution is -0.115. The van der Waals surface area contributed by atoms with E-state index in [0.29, 0.717) is 15.8 Å². The number of thioether (sulfide) groups is 1. The summed E-state index contributed by atoms with van der Waals surface area (Å²) in [7, 11) is 0. The first kappa shape index (κ1) is 19.6. The molecule has 1 saturated heterocycles. The Morgan fingerprint density at radius 3 is 2.55 bits per heavy atom. The molecule has 2 heterocycles. The number of hydrogen-bond acceptors (Lipinski definition) is 5. The molecule has 1 N–H and O–H groups in total. The summed E-state index contributed by atoms with van der Waals surface area (Å²) in [5.74, 6) is 0.480. The smallest absolute Gasteiger partial charge is 0.264 e. The summed E-state index contributed by atoms with van der Waals surface area (Å²) in [6.07, 6.45) is 2.74. The molecule has 2 aromatic carbocycles. The molecule has 1 amide bonds. The van der Waals surface area contributed by atoms with Gasteiger partial charge in [0.2, 0.25) is 0 Å². The maximum absolute atomic E-state index is 12.3. The number of nitrogens with one attached hydrogen (secondary N) is 1. The summed E-state index contributed by atoms with van der Waals surface area (Å²) in [6, 6.07) is 20.1. The van der Waals surface area contributed by atoms with Crippen LogP contribution in [-0.4, -0.2) is 11.1 Å². The Morgan fingerprint density at radius 1 is 1.07 bits per heavy atom. The second-order valence-corrected chi connectivity index (χ2v) is 8.68. The van der Waals surface area contributed by atoms with Crippen LogP contribution in [0.5, 0.6) is 0 Å². The zero-order valence-electron chi connectivity index (χ0n) is 16.1. The van der Waals surface area contributed by atoms with Crippen LogP contribution in [0.4, 0.5) is 5.69 Å². The zero-order chi connectivity index (χ0) is 20.2. The van der Waals surface area contributed by atoms with E-state index in [1.165, 1.54) is 22.9 Å². The number of amidine groups is 1. The molecule has 0 radical (unpaired) electrons. The SMILES string of the molecule is CCc1ccc(N=C2NC(=O)/C(=C/c3ccc(Sc4ccc(C)cc4)o3)S2)cc1. The van der Waals surface area contributed by atoms with E-state index in [2.05, 4.69) is 48.4 Å². The van der Waals surface area contributed by atoms with E-state index >= 15 is 0 Å². The van der Waals surface area contributed by atoms with Crippen molar-refractivity contribution >= 4 is 46.4 Å². The first-order chi connectivity index (χ1) is 14.1. The van der Waals surface area contributed by atoms with Gasteiger partial charge in [-0.2, -0.15) is 0 Å². The van der Waals surface area contributed by atoms with Crippen LogP contribution in [0.3, 0.4) is 0 Å². The van der Waals surface area contributed by atoms with Crippen molar-refractivity contribution in [3.8, 4) is 0 Å². The highest BCUT2D eigenvalue weighted by Gasteiger charge is 2.24. The van der Waals surface area contributed by atoms with Gasteiger partial charge in [0.05, 0.1) is 10.6 Å². The van der Waals surface area contributed by atoms with E-state index < -0.39 is 0 Å². The summed E-state index contributed by atoms with van der Waals surface area (Å²) in [6.45, 7) is 4.18. The van der Waals surface area contributed by atoms with Crippen molar-refractivity contribution in [2.45, 2.75) is 30.3 Å². The number of furan rings is 1. The fourth-order valence-corrected chi connectivity index (χ4v) is 4.32. The highest BCUT2D eigenvalue weighted by atomic mass is 32.2. The van der Waals surface area contributed by atoms with Gasteiger partial charge in [-0.3, -0.25) is 4.79 Å². The Balaban J connectivity index is 1.45. The van der Waals surface area contributed by atoms with Crippen LogP contribution in [0.15, 0.2) is 85.0 Å². The Bertz CT molecular complexity index is 1080. The molecule has 6 heteroatoms. The molecule has 0 unspecified atom stereocenters. The molecule has 1 fully saturated rings. The minimum Gasteiger partial charge on any atom is -0.450 e. The number of amides is 1. The Hall–Kier alpha value is -2.70. The molecule has 0 bridgehead atoms. The first-order valence-electron chi connectivity index (χ1n) is 9.32. The van der Waals surface area contributed by atoms with E-state index in [1.807, 2.05) is 36.4 Å². The Kier molecular flexibility index (Phi) is 5.92. The molecule has 4 nitrogen and oxygen atoms in total. The number of aliphatic imine (C=N–C) groups is 1. The lowest BCUT2D eigenvalue weighted by atomic mass is 10.2. The molecule has 0 spiro atoms. The average Bonchev–Trinajstić information content (AvgIpc) is 3.30. The monoisotopic (exact) mass is 420 g/mol. The topological polar surface area (TPSA) is 54.6 Å². The number of nitrogens with zero attached hydrogens (tertiary/aromatic N) is 1. The predicted molar refractivity (Wildman–Crippen MR) is 121 cm³/mol. The van der Waals surface area contributed by atoms with Crippen LogP contribution in [-0.2, 0) is 11.2 Å². The van der Waals surface area contributed by atoms with Gasteiger partial charge in [0.1, 0.15) is 5.76 Å². The fraction of sp³-hybridized carbons (Fsp3) is 0.130. The Labute approximate surface area is 178 Å². The molecule has 0 saturated carbocycles. The molecule has 1 aliphatic heterocycles. The van der Waals surface area contributed by atoms with Crippen LogP contribution in [0.25, 0.3) is 6.08 Å². The normalized spacial score (nSPS) is 16.6. The molecule has 29 heavy (non-hydrogen) atoms. The van der Waals surface area contributed by atoms with Crippen LogP contribution < -0.4 is 5.32 Å². The number of carbonyl (C=O) groups is 1. The van der Waals surface area contributed by atoms with Crippen LogP contribution in [0.2, 0.25) is 0 Å². The molecule has 0 atom stereocenters. The van der Waals surface area contributed by atoms with Crippen molar-refractivity contribution < 1.29 is 9.21 Å². The molecule has 0 aliphatic carbocycles. The second-order valence-electron chi connectivity index (χ2n) is 6.57. The van der Waals surface area contributed by atoms with E-state index in [0.717, 1.165) is 22.1 Å². The summed E-state index contributed by atoms with van der Waals surface area (Å²) in [4.78, 5) is 18.5. The van der Waals surface area contributed by atoms with Crippen molar-refractivity contribution in [1.82, 2.24) is 5.32 Å². The molecule has 146 valence electrons. The number of benzene rings is 2. The minimum atomic E-state index is -0.164. The highest BCUT2D eigenvalue weighted by Crippen LogP contribution is 2.32. The number of rotatable bonds is 5. The fourth-order valence-electron chi connectivity index (χ4n) is 2.72. The first-order valence-corrected chi connectivity index (χ1v) is 11.0. The van der Waals surface area contributed by atoms with Crippen LogP contribution in [0.1, 0.15) is 23.8 Å². The standard InChI is InChI=1S/C23H20N2O2S2/c1-3-16-6-8-17(9-7-16)24-23-25-22(26)20(29-23)14-18-10-13-21(27-18)28-19-11-4-15(2)5-12-19/h4-14H,3H2,1-2H3,(H,24,25,26)/b20-14-. The van der Waals surface area contributed by atoms with Gasteiger partial charge in [-0.15, -0.1) is 0 Å². The van der Waals surface area contributed by atoms with Gasteiger partial charge in [-0.25, -0.2) is 4.99 Å². The van der Waals surface area contributed by atoms with Gasteiger partial charge in [0.25, 0.3) is 5.91 Å². The lowest BCUT2D eigenvalue weighted by Crippen LogP contribution is -2.19. The lowest BCUT2D eigenvalue weighted by Gasteiger charge is -1.98. The van der Waals surface area contributed by atoms with Crippen molar-refractivity contribution in [2.24, 2.45) is 4.99 Å². The van der Waals surface area contributed by atoms with Gasteiger partial charge in [-0.05, 0) is 67.1 Å². The third-order valence-electron chi connectivity index (χ3n) is 4.34. The maximum Gasteiger partial charge on any atom is 0.264 e. The van der Waals surface area contributed by atoms with Gasteiger partial charge >= 0.3 is 0 Å². The van der Waals surface area contributed by atoms with E-state index in [-0.39, 0.29) is 5.91 Å². The van der Waals surface area contributed by atoms with Crippen LogP contribution in [0, 0.1) is 6.92 Å². The largest absolute Gasteiger partial charge is 0.450 e. The second kappa shape index (κ2) is 8.76. The summed E-state index contributed by atoms with van der Waals surface area (Å²) in [5, 5.41) is 4.17. The molecular weight excluding hydrogens is 400 g/mol.